The van der Waals surface area contributed by atoms with E-state index in [9.17, 15) is 9.59 Å². The van der Waals surface area contributed by atoms with Gasteiger partial charge in [-0.05, 0) is 48.4 Å². The van der Waals surface area contributed by atoms with Gasteiger partial charge < -0.3 is 15.2 Å². The van der Waals surface area contributed by atoms with Gasteiger partial charge in [-0.3, -0.25) is 4.79 Å². The molecule has 0 spiro atoms. The average molecular weight is 367 g/mol. The lowest BCUT2D eigenvalue weighted by atomic mass is 10.1. The Labute approximate surface area is 159 Å². The number of nitrogens with two attached hydrogens (primary N) is 1. The predicted molar refractivity (Wildman–Crippen MR) is 106 cm³/mol. The van der Waals surface area contributed by atoms with E-state index in [1.54, 1.807) is 24.3 Å². The normalized spacial score (nSPS) is 11.1. The highest BCUT2D eigenvalue weighted by Crippen LogP contribution is 2.17. The molecule has 0 amide bonds. The molecular weight excluding hydrogens is 342 g/mol. The number of esters is 1. The summed E-state index contributed by atoms with van der Waals surface area (Å²) in [6.45, 7) is 2.84. The number of rotatable bonds is 9. The molecule has 142 valence electrons. The monoisotopic (exact) mass is 367 g/mol. The molecule has 5 heteroatoms. The summed E-state index contributed by atoms with van der Waals surface area (Å²) < 4.78 is 10.3. The third-order valence-corrected chi connectivity index (χ3v) is 4.08. The molecule has 5 nitrogen and oxygen atoms in total. The summed E-state index contributed by atoms with van der Waals surface area (Å²) >= 11 is 0. The quantitative estimate of drug-likeness (QED) is 0.311. The molecule has 0 fully saturated rings. The van der Waals surface area contributed by atoms with Crippen molar-refractivity contribution >= 4 is 17.4 Å². The van der Waals surface area contributed by atoms with Crippen molar-refractivity contribution in [2.75, 3.05) is 13.7 Å². The fourth-order valence-corrected chi connectivity index (χ4v) is 2.48. The van der Waals surface area contributed by atoms with E-state index < -0.39 is 5.97 Å². The van der Waals surface area contributed by atoms with Crippen LogP contribution in [0.25, 0.3) is 5.70 Å². The maximum absolute atomic E-state index is 12.4. The van der Waals surface area contributed by atoms with Gasteiger partial charge in [0.2, 0.25) is 0 Å². The van der Waals surface area contributed by atoms with E-state index in [1.807, 2.05) is 24.3 Å². The molecule has 0 saturated carbocycles. The highest BCUT2D eigenvalue weighted by Gasteiger charge is 2.08. The molecule has 0 aliphatic rings. The predicted octanol–water partition coefficient (Wildman–Crippen LogP) is 4.22. The van der Waals surface area contributed by atoms with E-state index in [-0.39, 0.29) is 5.78 Å². The molecule has 0 unspecified atom stereocenters. The third kappa shape index (κ3) is 5.99. The molecule has 2 rings (SSSR count). The van der Waals surface area contributed by atoms with Gasteiger partial charge in [0.15, 0.2) is 5.78 Å². The van der Waals surface area contributed by atoms with Gasteiger partial charge in [0.25, 0.3) is 0 Å². The Hall–Kier alpha value is -3.08. The van der Waals surface area contributed by atoms with E-state index >= 15 is 0 Å². The number of methoxy groups -OCH3 is 1. The Morgan fingerprint density at radius 1 is 0.926 bits per heavy atom. The van der Waals surface area contributed by atoms with Crippen LogP contribution in [0, 0.1) is 0 Å². The highest BCUT2D eigenvalue weighted by atomic mass is 16.5. The number of ether oxygens (including phenoxy) is 2. The Kier molecular flexibility index (Phi) is 7.62. The van der Waals surface area contributed by atoms with Crippen molar-refractivity contribution in [3.05, 3.63) is 71.3 Å². The zero-order valence-electron chi connectivity index (χ0n) is 15.7. The minimum absolute atomic E-state index is 0.233. The van der Waals surface area contributed by atoms with Crippen molar-refractivity contribution in [2.45, 2.75) is 26.2 Å². The first-order valence-corrected chi connectivity index (χ1v) is 8.98. The molecule has 0 radical (unpaired) electrons. The highest BCUT2D eigenvalue weighted by molar-refractivity contribution is 6.08. The SMILES string of the molecule is CCCCCOc1ccc(/C(N)=C/C(=O)c2ccc(C(=O)OC)cc2)cc1. The van der Waals surface area contributed by atoms with Crippen molar-refractivity contribution in [2.24, 2.45) is 5.73 Å². The summed E-state index contributed by atoms with van der Waals surface area (Å²) in [6, 6.07) is 13.6. The lowest BCUT2D eigenvalue weighted by Crippen LogP contribution is -2.04. The molecule has 0 atom stereocenters. The molecule has 27 heavy (non-hydrogen) atoms. The van der Waals surface area contributed by atoms with Crippen LogP contribution in [0.15, 0.2) is 54.6 Å². The van der Waals surface area contributed by atoms with E-state index in [0.717, 1.165) is 30.6 Å². The second-order valence-electron chi connectivity index (χ2n) is 6.11. The maximum atomic E-state index is 12.4. The number of carbonyl (C=O) groups is 2. The van der Waals surface area contributed by atoms with Gasteiger partial charge in [-0.2, -0.15) is 0 Å². The summed E-state index contributed by atoms with van der Waals surface area (Å²) in [6.07, 6.45) is 4.72. The molecule has 0 heterocycles. The van der Waals surface area contributed by atoms with Gasteiger partial charge in [-0.25, -0.2) is 4.79 Å². The molecule has 2 aromatic rings. The van der Waals surface area contributed by atoms with Crippen LogP contribution in [0.4, 0.5) is 0 Å². The molecule has 0 aliphatic heterocycles. The molecule has 0 aliphatic carbocycles. The number of carbonyl (C=O) groups excluding carboxylic acids is 2. The van der Waals surface area contributed by atoms with E-state index in [1.165, 1.54) is 13.2 Å². The Balaban J connectivity index is 2.01. The van der Waals surface area contributed by atoms with Crippen molar-refractivity contribution in [1.29, 1.82) is 0 Å². The summed E-state index contributed by atoms with van der Waals surface area (Å²) in [5, 5.41) is 0. The smallest absolute Gasteiger partial charge is 0.337 e. The second-order valence-corrected chi connectivity index (χ2v) is 6.11. The largest absolute Gasteiger partial charge is 0.494 e. The van der Waals surface area contributed by atoms with Gasteiger partial charge in [-0.15, -0.1) is 0 Å². The minimum atomic E-state index is -0.443. The molecule has 0 bridgehead atoms. The lowest BCUT2D eigenvalue weighted by Gasteiger charge is -2.07. The van der Waals surface area contributed by atoms with Crippen LogP contribution in [-0.2, 0) is 4.74 Å². The summed E-state index contributed by atoms with van der Waals surface area (Å²) in [5.74, 6) is 0.109. The standard InChI is InChI=1S/C22H25NO4/c1-3-4-5-14-27-19-12-10-16(11-13-19)20(23)15-21(24)17-6-8-18(9-7-17)22(25)26-2/h6-13,15H,3-5,14,23H2,1-2H3/b20-15-. The first kappa shape index (κ1) is 20.2. The van der Waals surface area contributed by atoms with Crippen molar-refractivity contribution in [3.8, 4) is 5.75 Å². The summed E-state index contributed by atoms with van der Waals surface area (Å²) in [5.41, 5.74) is 8.00. The number of allylic oxidation sites excluding steroid dienone is 1. The van der Waals surface area contributed by atoms with Gasteiger partial charge in [0.1, 0.15) is 5.75 Å². The summed E-state index contributed by atoms with van der Waals surface area (Å²) in [7, 11) is 1.31. The van der Waals surface area contributed by atoms with Crippen LogP contribution >= 0.6 is 0 Å². The van der Waals surface area contributed by atoms with Crippen molar-refractivity contribution in [1.82, 2.24) is 0 Å². The number of benzene rings is 2. The third-order valence-electron chi connectivity index (χ3n) is 4.08. The van der Waals surface area contributed by atoms with Crippen LogP contribution in [-0.4, -0.2) is 25.5 Å². The van der Waals surface area contributed by atoms with Crippen LogP contribution in [0.3, 0.4) is 0 Å². The van der Waals surface area contributed by atoms with E-state index in [4.69, 9.17) is 10.5 Å². The number of hydrogen-bond donors (Lipinski definition) is 1. The van der Waals surface area contributed by atoms with E-state index in [2.05, 4.69) is 11.7 Å². The van der Waals surface area contributed by atoms with E-state index in [0.29, 0.717) is 23.4 Å². The fourth-order valence-electron chi connectivity index (χ4n) is 2.48. The fraction of sp³-hybridized carbons (Fsp3) is 0.273. The molecule has 2 aromatic carbocycles. The summed E-state index contributed by atoms with van der Waals surface area (Å²) in [4.78, 5) is 23.8. The minimum Gasteiger partial charge on any atom is -0.494 e. The van der Waals surface area contributed by atoms with Gasteiger partial charge in [0, 0.05) is 17.3 Å². The van der Waals surface area contributed by atoms with Crippen LogP contribution in [0.1, 0.15) is 52.5 Å². The van der Waals surface area contributed by atoms with Gasteiger partial charge >= 0.3 is 5.97 Å². The zero-order valence-corrected chi connectivity index (χ0v) is 15.7. The number of hydrogen-bond acceptors (Lipinski definition) is 5. The van der Waals surface area contributed by atoms with Crippen molar-refractivity contribution in [3.63, 3.8) is 0 Å². The molecule has 0 aromatic heterocycles. The topological polar surface area (TPSA) is 78.6 Å². The van der Waals surface area contributed by atoms with Gasteiger partial charge in [-0.1, -0.05) is 31.9 Å². The lowest BCUT2D eigenvalue weighted by molar-refractivity contribution is 0.0600. The van der Waals surface area contributed by atoms with Crippen LogP contribution in [0.2, 0.25) is 0 Å². The Morgan fingerprint density at radius 2 is 1.52 bits per heavy atom. The molecule has 2 N–H and O–H groups in total. The van der Waals surface area contributed by atoms with Gasteiger partial charge in [0.05, 0.1) is 19.3 Å². The maximum Gasteiger partial charge on any atom is 0.337 e. The first-order valence-electron chi connectivity index (χ1n) is 8.98. The Morgan fingerprint density at radius 3 is 2.11 bits per heavy atom. The number of ketones is 1. The van der Waals surface area contributed by atoms with Crippen molar-refractivity contribution < 1.29 is 19.1 Å². The molecular formula is C22H25NO4. The van der Waals surface area contributed by atoms with Crippen LogP contribution in [0.5, 0.6) is 5.75 Å². The number of unbranched alkanes of at least 4 members (excludes halogenated alkanes) is 2. The van der Waals surface area contributed by atoms with Crippen LogP contribution < -0.4 is 10.5 Å². The Bertz CT molecular complexity index is 792. The zero-order chi connectivity index (χ0) is 19.6. The first-order chi connectivity index (χ1) is 13.0. The average Bonchev–Trinajstić information content (AvgIpc) is 2.71. The second kappa shape index (κ2) is 10.2. The molecule has 0 saturated heterocycles.